The Kier molecular flexibility index (Phi) is 20.9. The smallest absolute Gasteiger partial charge is 0.306 e. The molecule has 0 rings (SSSR count). The number of ether oxygens (including phenoxy) is 2. The Labute approximate surface area is 180 Å². The highest BCUT2D eigenvalue weighted by Gasteiger charge is 2.12. The molecule has 4 heteroatoms. The highest BCUT2D eigenvalue weighted by molar-refractivity contribution is 5.69. The van der Waals surface area contributed by atoms with E-state index in [0.29, 0.717) is 32.0 Å². The van der Waals surface area contributed by atoms with Crippen molar-refractivity contribution in [3.63, 3.8) is 0 Å². The number of esters is 2. The quantitative estimate of drug-likeness (QED) is 0.146. The van der Waals surface area contributed by atoms with Gasteiger partial charge in [-0.15, -0.1) is 0 Å². The molecule has 0 heterocycles. The van der Waals surface area contributed by atoms with Crippen molar-refractivity contribution in [3.8, 4) is 0 Å². The third-order valence-electron chi connectivity index (χ3n) is 5.55. The summed E-state index contributed by atoms with van der Waals surface area (Å²) in [7, 11) is 0. The Morgan fingerprint density at radius 3 is 1.62 bits per heavy atom. The van der Waals surface area contributed by atoms with Gasteiger partial charge in [0.1, 0.15) is 0 Å². The molecule has 1 atom stereocenters. The minimum atomic E-state index is -0.0296. The van der Waals surface area contributed by atoms with Crippen LogP contribution in [-0.4, -0.2) is 25.2 Å². The minimum Gasteiger partial charge on any atom is -0.466 e. The molecule has 0 amide bonds. The normalized spacial score (nSPS) is 12.0. The van der Waals surface area contributed by atoms with Gasteiger partial charge in [-0.2, -0.15) is 0 Å². The van der Waals surface area contributed by atoms with Gasteiger partial charge < -0.3 is 9.47 Å². The molecule has 172 valence electrons. The number of hydrogen-bond acceptors (Lipinski definition) is 4. The molecule has 0 N–H and O–H groups in total. The predicted octanol–water partition coefficient (Wildman–Crippen LogP) is 7.38. The highest BCUT2D eigenvalue weighted by atomic mass is 16.5. The van der Waals surface area contributed by atoms with Gasteiger partial charge in [0.2, 0.25) is 0 Å². The molecule has 0 aliphatic heterocycles. The average Bonchev–Trinajstić information content (AvgIpc) is 2.71. The Morgan fingerprint density at radius 2 is 1.10 bits per heavy atom. The van der Waals surface area contributed by atoms with Gasteiger partial charge in [-0.25, -0.2) is 0 Å². The first-order valence-corrected chi connectivity index (χ1v) is 12.4. The zero-order chi connectivity index (χ0) is 21.6. The summed E-state index contributed by atoms with van der Waals surface area (Å²) in [5.74, 6) is 0.440. The Hall–Kier alpha value is -1.06. The molecule has 4 nitrogen and oxygen atoms in total. The molecule has 0 bridgehead atoms. The lowest BCUT2D eigenvalue weighted by Crippen LogP contribution is -2.12. The molecule has 0 saturated carbocycles. The molecular weight excluding hydrogens is 364 g/mol. The summed E-state index contributed by atoms with van der Waals surface area (Å²) in [5.41, 5.74) is 0. The van der Waals surface area contributed by atoms with Crippen LogP contribution in [0.15, 0.2) is 0 Å². The van der Waals surface area contributed by atoms with Crippen LogP contribution in [0, 0.1) is 5.92 Å². The SMILES string of the molecule is CCCCOC(=O)CCCCCCCCCCCC(CC)CC(=O)OCCCC. The summed E-state index contributed by atoms with van der Waals surface area (Å²) in [6, 6.07) is 0. The van der Waals surface area contributed by atoms with Crippen molar-refractivity contribution in [1.29, 1.82) is 0 Å². The first-order valence-electron chi connectivity index (χ1n) is 12.4. The highest BCUT2D eigenvalue weighted by Crippen LogP contribution is 2.19. The predicted molar refractivity (Wildman–Crippen MR) is 121 cm³/mol. The molecule has 1 unspecified atom stereocenters. The fourth-order valence-corrected chi connectivity index (χ4v) is 3.42. The Morgan fingerprint density at radius 1 is 0.621 bits per heavy atom. The van der Waals surface area contributed by atoms with Crippen molar-refractivity contribution in [2.24, 2.45) is 5.92 Å². The van der Waals surface area contributed by atoms with E-state index in [1.165, 1.54) is 44.9 Å². The molecular formula is C25H48O4. The third-order valence-corrected chi connectivity index (χ3v) is 5.55. The van der Waals surface area contributed by atoms with Gasteiger partial charge in [0.05, 0.1) is 13.2 Å². The second-order valence-corrected chi connectivity index (χ2v) is 8.35. The molecule has 29 heavy (non-hydrogen) atoms. The summed E-state index contributed by atoms with van der Waals surface area (Å²) in [6.07, 6.45) is 18.4. The van der Waals surface area contributed by atoms with Crippen molar-refractivity contribution in [2.45, 2.75) is 130 Å². The van der Waals surface area contributed by atoms with Gasteiger partial charge in [0, 0.05) is 12.8 Å². The maximum absolute atomic E-state index is 11.8. The summed E-state index contributed by atoms with van der Waals surface area (Å²) >= 11 is 0. The van der Waals surface area contributed by atoms with E-state index in [-0.39, 0.29) is 11.9 Å². The lowest BCUT2D eigenvalue weighted by atomic mass is 9.95. The summed E-state index contributed by atoms with van der Waals surface area (Å²) in [5, 5.41) is 0. The molecule has 0 fully saturated rings. The van der Waals surface area contributed by atoms with Crippen LogP contribution in [0.4, 0.5) is 0 Å². The molecule has 0 aromatic heterocycles. The maximum Gasteiger partial charge on any atom is 0.306 e. The first kappa shape index (κ1) is 27.9. The van der Waals surface area contributed by atoms with Gasteiger partial charge >= 0.3 is 11.9 Å². The van der Waals surface area contributed by atoms with Crippen molar-refractivity contribution in [3.05, 3.63) is 0 Å². The number of rotatable bonds is 21. The molecule has 0 saturated heterocycles. The van der Waals surface area contributed by atoms with Crippen molar-refractivity contribution >= 4 is 11.9 Å². The lowest BCUT2D eigenvalue weighted by Gasteiger charge is -2.14. The third kappa shape index (κ3) is 20.0. The standard InChI is InChI=1S/C25H48O4/c1-4-7-20-28-24(26)19-17-15-13-11-9-10-12-14-16-18-23(6-3)22-25(27)29-21-8-5-2/h23H,4-22H2,1-3H3. The molecule has 0 aliphatic carbocycles. The zero-order valence-corrected chi connectivity index (χ0v) is 19.6. The van der Waals surface area contributed by atoms with Crippen LogP contribution in [0.1, 0.15) is 130 Å². The van der Waals surface area contributed by atoms with E-state index in [4.69, 9.17) is 9.47 Å². The van der Waals surface area contributed by atoms with Gasteiger partial charge in [0.15, 0.2) is 0 Å². The fraction of sp³-hybridized carbons (Fsp3) is 0.920. The van der Waals surface area contributed by atoms with Gasteiger partial charge in [-0.1, -0.05) is 91.4 Å². The lowest BCUT2D eigenvalue weighted by molar-refractivity contribution is -0.145. The zero-order valence-electron chi connectivity index (χ0n) is 19.6. The average molecular weight is 413 g/mol. The van der Waals surface area contributed by atoms with E-state index in [1.54, 1.807) is 0 Å². The summed E-state index contributed by atoms with van der Waals surface area (Å²) in [6.45, 7) is 7.54. The largest absolute Gasteiger partial charge is 0.466 e. The van der Waals surface area contributed by atoms with Crippen LogP contribution >= 0.6 is 0 Å². The van der Waals surface area contributed by atoms with Crippen LogP contribution < -0.4 is 0 Å². The van der Waals surface area contributed by atoms with E-state index in [1.807, 2.05) is 0 Å². The maximum atomic E-state index is 11.8. The summed E-state index contributed by atoms with van der Waals surface area (Å²) in [4.78, 5) is 23.3. The number of hydrogen-bond donors (Lipinski definition) is 0. The minimum absolute atomic E-state index is 0.0143. The van der Waals surface area contributed by atoms with Crippen LogP contribution in [-0.2, 0) is 19.1 Å². The second kappa shape index (κ2) is 21.6. The molecule has 0 aliphatic rings. The van der Waals surface area contributed by atoms with Gasteiger partial charge in [-0.3, -0.25) is 9.59 Å². The van der Waals surface area contributed by atoms with Crippen LogP contribution in [0.3, 0.4) is 0 Å². The second-order valence-electron chi connectivity index (χ2n) is 8.35. The van der Waals surface area contributed by atoms with Crippen molar-refractivity contribution in [2.75, 3.05) is 13.2 Å². The van der Waals surface area contributed by atoms with Crippen molar-refractivity contribution < 1.29 is 19.1 Å². The monoisotopic (exact) mass is 412 g/mol. The van der Waals surface area contributed by atoms with Crippen LogP contribution in [0.5, 0.6) is 0 Å². The number of carbonyl (C=O) groups excluding carboxylic acids is 2. The molecule has 0 radical (unpaired) electrons. The first-order chi connectivity index (χ1) is 14.1. The number of unbranched alkanes of at least 4 members (excludes halogenated alkanes) is 10. The van der Waals surface area contributed by atoms with E-state index in [0.717, 1.165) is 51.4 Å². The topological polar surface area (TPSA) is 52.6 Å². The molecule has 0 aromatic rings. The van der Waals surface area contributed by atoms with Gasteiger partial charge in [0.25, 0.3) is 0 Å². The Bertz CT molecular complexity index is 381. The molecule has 0 spiro atoms. The van der Waals surface area contributed by atoms with E-state index >= 15 is 0 Å². The van der Waals surface area contributed by atoms with Crippen molar-refractivity contribution in [1.82, 2.24) is 0 Å². The summed E-state index contributed by atoms with van der Waals surface area (Å²) < 4.78 is 10.5. The van der Waals surface area contributed by atoms with Crippen LogP contribution in [0.2, 0.25) is 0 Å². The fourth-order valence-electron chi connectivity index (χ4n) is 3.42. The number of carbonyl (C=O) groups is 2. The Balaban J connectivity index is 3.42. The van der Waals surface area contributed by atoms with E-state index in [9.17, 15) is 9.59 Å². The molecule has 0 aromatic carbocycles. The van der Waals surface area contributed by atoms with E-state index in [2.05, 4.69) is 20.8 Å². The van der Waals surface area contributed by atoms with Gasteiger partial charge in [-0.05, 0) is 31.6 Å². The van der Waals surface area contributed by atoms with Crippen LogP contribution in [0.25, 0.3) is 0 Å². The van der Waals surface area contributed by atoms with E-state index < -0.39 is 0 Å².